The van der Waals surface area contributed by atoms with Gasteiger partial charge in [-0.1, -0.05) is 0 Å². The minimum absolute atomic E-state index is 0.638. The largest absolute Gasteiger partial charge is 0.383 e. The zero-order valence-corrected chi connectivity index (χ0v) is 12.2. The predicted molar refractivity (Wildman–Crippen MR) is 76.3 cm³/mol. The van der Waals surface area contributed by atoms with Crippen LogP contribution in [0.25, 0.3) is 5.69 Å². The zero-order chi connectivity index (χ0) is 14.4. The van der Waals surface area contributed by atoms with E-state index in [0.717, 1.165) is 23.9 Å². The number of nitrogens with zero attached hydrogens (tertiary/aromatic N) is 4. The van der Waals surface area contributed by atoms with Gasteiger partial charge in [0.05, 0.1) is 37.3 Å². The summed E-state index contributed by atoms with van der Waals surface area (Å²) in [6.07, 6.45) is 5.77. The molecule has 0 unspecified atom stereocenters. The van der Waals surface area contributed by atoms with Crippen LogP contribution in [0, 0.1) is 6.92 Å². The molecule has 0 aliphatic rings. The van der Waals surface area contributed by atoms with Crippen LogP contribution in [0.4, 0.5) is 5.95 Å². The third-order valence-electron chi connectivity index (χ3n) is 2.84. The van der Waals surface area contributed by atoms with E-state index < -0.39 is 0 Å². The normalized spacial score (nSPS) is 10.9. The third kappa shape index (κ3) is 3.58. The van der Waals surface area contributed by atoms with Gasteiger partial charge in [0.25, 0.3) is 0 Å². The van der Waals surface area contributed by atoms with Gasteiger partial charge in [-0.05, 0) is 6.92 Å². The molecular weight excluding hydrogens is 258 g/mol. The van der Waals surface area contributed by atoms with E-state index in [1.807, 2.05) is 34.8 Å². The lowest BCUT2D eigenvalue weighted by atomic mass is 10.5. The van der Waals surface area contributed by atoms with Crippen LogP contribution in [0.3, 0.4) is 0 Å². The average molecular weight is 279 g/mol. The van der Waals surface area contributed by atoms with Crippen molar-refractivity contribution in [3.05, 3.63) is 24.3 Å². The van der Waals surface area contributed by atoms with Gasteiger partial charge in [-0.25, -0.2) is 4.98 Å². The Balaban J connectivity index is 2.12. The molecule has 110 valence electrons. The summed E-state index contributed by atoms with van der Waals surface area (Å²) < 4.78 is 13.9. The number of methoxy groups -OCH3 is 2. The van der Waals surface area contributed by atoms with Crippen LogP contribution in [0.15, 0.2) is 18.6 Å². The molecule has 1 N–H and O–H groups in total. The van der Waals surface area contributed by atoms with Crippen LogP contribution in [-0.4, -0.2) is 53.3 Å². The SMILES string of the molecule is COCCNc1nc(C)cn1-c1cnn(CCOC)c1. The molecule has 0 saturated heterocycles. The summed E-state index contributed by atoms with van der Waals surface area (Å²) >= 11 is 0. The van der Waals surface area contributed by atoms with Gasteiger partial charge in [-0.2, -0.15) is 5.10 Å². The Morgan fingerprint density at radius 1 is 1.20 bits per heavy atom. The van der Waals surface area contributed by atoms with E-state index in [1.165, 1.54) is 0 Å². The molecule has 0 aliphatic heterocycles. The van der Waals surface area contributed by atoms with E-state index >= 15 is 0 Å². The first kappa shape index (κ1) is 14.5. The fourth-order valence-corrected chi connectivity index (χ4v) is 1.87. The number of nitrogens with one attached hydrogen (secondary N) is 1. The Kier molecular flexibility index (Phi) is 5.14. The van der Waals surface area contributed by atoms with E-state index in [4.69, 9.17) is 9.47 Å². The highest BCUT2D eigenvalue weighted by molar-refractivity contribution is 5.40. The Hall–Kier alpha value is -1.86. The Bertz CT molecular complexity index is 535. The second kappa shape index (κ2) is 7.06. The summed E-state index contributed by atoms with van der Waals surface area (Å²) in [5.41, 5.74) is 1.93. The van der Waals surface area contributed by atoms with Crippen LogP contribution >= 0.6 is 0 Å². The molecule has 20 heavy (non-hydrogen) atoms. The van der Waals surface area contributed by atoms with Crippen molar-refractivity contribution in [3.63, 3.8) is 0 Å². The Morgan fingerprint density at radius 2 is 2.00 bits per heavy atom. The van der Waals surface area contributed by atoms with Crippen LogP contribution in [0.5, 0.6) is 0 Å². The summed E-state index contributed by atoms with van der Waals surface area (Å²) in [5.74, 6) is 0.797. The molecule has 2 aromatic heterocycles. The highest BCUT2D eigenvalue weighted by Crippen LogP contribution is 2.15. The van der Waals surface area contributed by atoms with Gasteiger partial charge >= 0.3 is 0 Å². The Labute approximate surface area is 118 Å². The minimum Gasteiger partial charge on any atom is -0.383 e. The van der Waals surface area contributed by atoms with Crippen LogP contribution < -0.4 is 5.32 Å². The van der Waals surface area contributed by atoms with E-state index in [2.05, 4.69) is 15.4 Å². The summed E-state index contributed by atoms with van der Waals surface area (Å²) in [6.45, 7) is 4.69. The molecule has 7 heteroatoms. The molecule has 0 amide bonds. The second-order valence-electron chi connectivity index (χ2n) is 4.45. The molecule has 2 heterocycles. The third-order valence-corrected chi connectivity index (χ3v) is 2.84. The van der Waals surface area contributed by atoms with Crippen LogP contribution in [-0.2, 0) is 16.0 Å². The molecule has 0 atom stereocenters. The number of hydrogen-bond acceptors (Lipinski definition) is 5. The number of ether oxygens (including phenoxy) is 2. The van der Waals surface area contributed by atoms with Gasteiger partial charge in [0, 0.05) is 33.2 Å². The van der Waals surface area contributed by atoms with Crippen molar-refractivity contribution >= 4 is 5.95 Å². The van der Waals surface area contributed by atoms with Gasteiger partial charge in [-0.3, -0.25) is 9.25 Å². The van der Waals surface area contributed by atoms with Crippen molar-refractivity contribution in [1.29, 1.82) is 0 Å². The molecule has 0 bridgehead atoms. The fourth-order valence-electron chi connectivity index (χ4n) is 1.87. The first-order chi connectivity index (χ1) is 9.74. The lowest BCUT2D eigenvalue weighted by Crippen LogP contribution is -2.11. The van der Waals surface area contributed by atoms with Crippen molar-refractivity contribution in [3.8, 4) is 5.69 Å². The standard InChI is InChI=1S/C13H21N5O2/c1-11-9-18(13(16-11)14-4-6-19-2)12-8-15-17(10-12)5-7-20-3/h8-10H,4-7H2,1-3H3,(H,14,16). The first-order valence-electron chi connectivity index (χ1n) is 6.55. The summed E-state index contributed by atoms with van der Waals surface area (Å²) in [5, 5.41) is 7.56. The molecule has 0 radical (unpaired) electrons. The number of hydrogen-bond donors (Lipinski definition) is 1. The number of aromatic nitrogens is 4. The monoisotopic (exact) mass is 279 g/mol. The summed E-state index contributed by atoms with van der Waals surface area (Å²) in [7, 11) is 3.36. The predicted octanol–water partition coefficient (Wildman–Crippen LogP) is 1.08. The molecule has 0 spiro atoms. The van der Waals surface area contributed by atoms with Gasteiger partial charge in [0.2, 0.25) is 5.95 Å². The van der Waals surface area contributed by atoms with Crippen molar-refractivity contribution in [2.24, 2.45) is 0 Å². The number of imidazole rings is 1. The van der Waals surface area contributed by atoms with Gasteiger partial charge in [0.15, 0.2) is 0 Å². The van der Waals surface area contributed by atoms with Gasteiger partial charge in [-0.15, -0.1) is 0 Å². The topological polar surface area (TPSA) is 66.1 Å². The molecule has 0 saturated carbocycles. The highest BCUT2D eigenvalue weighted by atomic mass is 16.5. The maximum absolute atomic E-state index is 5.05. The number of anilines is 1. The molecule has 0 aromatic carbocycles. The van der Waals surface area contributed by atoms with E-state index in [-0.39, 0.29) is 0 Å². The van der Waals surface area contributed by atoms with Crippen LogP contribution in [0.2, 0.25) is 0 Å². The zero-order valence-electron chi connectivity index (χ0n) is 12.2. The first-order valence-corrected chi connectivity index (χ1v) is 6.55. The molecule has 0 aliphatic carbocycles. The molecule has 0 fully saturated rings. The van der Waals surface area contributed by atoms with Gasteiger partial charge < -0.3 is 14.8 Å². The maximum Gasteiger partial charge on any atom is 0.207 e. The second-order valence-corrected chi connectivity index (χ2v) is 4.45. The Morgan fingerprint density at radius 3 is 2.75 bits per heavy atom. The average Bonchev–Trinajstić information content (AvgIpc) is 3.03. The van der Waals surface area contributed by atoms with Crippen LogP contribution in [0.1, 0.15) is 5.69 Å². The summed E-state index contributed by atoms with van der Waals surface area (Å²) in [6, 6.07) is 0. The molecule has 2 rings (SSSR count). The molecule has 2 aromatic rings. The van der Waals surface area contributed by atoms with Crippen molar-refractivity contribution in [2.75, 3.05) is 39.3 Å². The maximum atomic E-state index is 5.05. The number of rotatable bonds is 8. The molecule has 7 nitrogen and oxygen atoms in total. The minimum atomic E-state index is 0.638. The van der Waals surface area contributed by atoms with E-state index in [9.17, 15) is 0 Å². The quantitative estimate of drug-likeness (QED) is 0.733. The fraction of sp³-hybridized carbons (Fsp3) is 0.538. The lowest BCUT2D eigenvalue weighted by molar-refractivity contribution is 0.183. The highest BCUT2D eigenvalue weighted by Gasteiger charge is 2.09. The van der Waals surface area contributed by atoms with Crippen molar-refractivity contribution in [1.82, 2.24) is 19.3 Å². The van der Waals surface area contributed by atoms with E-state index in [1.54, 1.807) is 14.2 Å². The summed E-state index contributed by atoms with van der Waals surface area (Å²) in [4.78, 5) is 4.46. The van der Waals surface area contributed by atoms with E-state index in [0.29, 0.717) is 19.8 Å². The lowest BCUT2D eigenvalue weighted by Gasteiger charge is -2.07. The van der Waals surface area contributed by atoms with Crippen molar-refractivity contribution in [2.45, 2.75) is 13.5 Å². The van der Waals surface area contributed by atoms with Gasteiger partial charge in [0.1, 0.15) is 0 Å². The smallest absolute Gasteiger partial charge is 0.207 e. The number of aryl methyl sites for hydroxylation is 1. The van der Waals surface area contributed by atoms with Crippen molar-refractivity contribution < 1.29 is 9.47 Å². The molecular formula is C13H21N5O2.